The Morgan fingerprint density at radius 3 is 0.618 bits per heavy atom. The lowest BCUT2D eigenvalue weighted by molar-refractivity contribution is -0.472. The summed E-state index contributed by atoms with van der Waals surface area (Å²) in [5.74, 6) is -72.1. The minimum Gasteiger partial charge on any atom is -0.192 e. The van der Waals surface area contributed by atoms with Crippen LogP contribution in [0.4, 0.5) is 101 Å². The summed E-state index contributed by atoms with van der Waals surface area (Å²) in [7, 11) is -6.90. The Labute approximate surface area is 170 Å². The molecular weight excluding hydrogens is 588 g/mol. The van der Waals surface area contributed by atoms with E-state index in [-0.39, 0.29) is 0 Å². The highest BCUT2D eigenvalue weighted by atomic mass is 31.2. The van der Waals surface area contributed by atoms with Gasteiger partial charge in [-0.15, -0.1) is 0 Å². The van der Waals surface area contributed by atoms with Crippen molar-refractivity contribution in [3.05, 3.63) is 0 Å². The van der Waals surface area contributed by atoms with Gasteiger partial charge in [0, 0.05) is 0 Å². The van der Waals surface area contributed by atoms with E-state index in [0.29, 0.717) is 0 Å². The van der Waals surface area contributed by atoms with E-state index in [1.165, 1.54) is 0 Å². The van der Waals surface area contributed by atoms with Crippen molar-refractivity contribution < 1.29 is 101 Å². The molecule has 0 nitrogen and oxygen atoms in total. The van der Waals surface area contributed by atoms with Crippen molar-refractivity contribution in [3.8, 4) is 0 Å². The lowest BCUT2D eigenvalue weighted by atomic mass is 9.87. The first kappa shape index (κ1) is 32.8. The Kier molecular flexibility index (Phi) is 7.63. The van der Waals surface area contributed by atoms with Gasteiger partial charge in [-0.1, -0.05) is 0 Å². The van der Waals surface area contributed by atoms with Gasteiger partial charge in [0.1, 0.15) is 0 Å². The average Bonchev–Trinajstić information content (AvgIpc) is 2.58. The molecule has 0 unspecified atom stereocenters. The number of hydrogen-bond donors (Lipinski definition) is 0. The Balaban J connectivity index is 7.08. The van der Waals surface area contributed by atoms with Crippen LogP contribution in [-0.4, -0.2) is 59.2 Å². The fourth-order valence-electron chi connectivity index (χ4n) is 1.66. The van der Waals surface area contributed by atoms with E-state index in [2.05, 4.69) is 0 Å². The Hall–Kier alpha value is -1.18. The zero-order valence-electron chi connectivity index (χ0n) is 14.1. The fourth-order valence-corrected chi connectivity index (χ4v) is 2.01. The molecule has 0 aromatic carbocycles. The van der Waals surface area contributed by atoms with Crippen molar-refractivity contribution in [1.82, 2.24) is 0 Å². The Bertz CT molecular complexity index is 741. The standard InChI is InChI=1S/C10F23P/c11-1(12,3(15,16)5(19,20)7(23,24)9(27,28)29)2(13,14)4(17,18)6(21,22)8(25,26)10(30,31)34(32)33. The highest BCUT2D eigenvalue weighted by Crippen LogP contribution is 2.70. The van der Waals surface area contributed by atoms with Crippen molar-refractivity contribution in [1.29, 1.82) is 0 Å². The topological polar surface area (TPSA) is 0 Å². The summed E-state index contributed by atoms with van der Waals surface area (Å²) in [5.41, 5.74) is -7.80. The van der Waals surface area contributed by atoms with Gasteiger partial charge >= 0.3 is 67.8 Å². The minimum absolute atomic E-state index is 6.90. The van der Waals surface area contributed by atoms with Gasteiger partial charge in [-0.3, -0.25) is 0 Å². The number of rotatable bonds is 9. The molecule has 24 heteroatoms. The normalized spacial score (nSPS) is 16.9. The molecular formula is C10F23P. The van der Waals surface area contributed by atoms with Crippen LogP contribution < -0.4 is 0 Å². The molecule has 0 amide bonds. The largest absolute Gasteiger partial charge is 0.460 e. The molecule has 0 rings (SSSR count). The molecule has 0 N–H and O–H groups in total. The second-order valence-electron chi connectivity index (χ2n) is 5.87. The van der Waals surface area contributed by atoms with Gasteiger partial charge in [0.2, 0.25) is 0 Å². The van der Waals surface area contributed by atoms with Crippen LogP contribution in [0, 0.1) is 0 Å². The summed E-state index contributed by atoms with van der Waals surface area (Å²) in [6, 6.07) is 0. The SMILES string of the molecule is FP(F)C(F)(F)C(F)(F)C(F)(F)C(F)(F)C(F)(F)C(F)(F)C(F)(F)C(F)(F)C(F)(F)C(F)(F)F. The van der Waals surface area contributed by atoms with E-state index < -0.39 is 67.8 Å². The van der Waals surface area contributed by atoms with E-state index in [4.69, 9.17) is 0 Å². The van der Waals surface area contributed by atoms with Crippen LogP contribution >= 0.6 is 8.54 Å². The summed E-state index contributed by atoms with van der Waals surface area (Å²) >= 11 is 0. The maximum Gasteiger partial charge on any atom is 0.460 e. The van der Waals surface area contributed by atoms with Gasteiger partial charge in [0.05, 0.1) is 0 Å². The van der Waals surface area contributed by atoms with Crippen LogP contribution in [0.5, 0.6) is 0 Å². The van der Waals surface area contributed by atoms with Gasteiger partial charge in [-0.2, -0.15) is 101 Å². The lowest BCUT2D eigenvalue weighted by Crippen LogP contribution is -2.76. The Morgan fingerprint density at radius 2 is 0.441 bits per heavy atom. The second-order valence-corrected chi connectivity index (χ2v) is 6.89. The molecule has 0 saturated carbocycles. The van der Waals surface area contributed by atoms with Gasteiger partial charge < -0.3 is 0 Å². The zero-order valence-corrected chi connectivity index (χ0v) is 15.0. The lowest BCUT2D eigenvalue weighted by Gasteiger charge is -2.44. The quantitative estimate of drug-likeness (QED) is 0.187. The zero-order chi connectivity index (χ0) is 28.6. The van der Waals surface area contributed by atoms with Crippen LogP contribution in [0.25, 0.3) is 0 Å². The third-order valence-electron chi connectivity index (χ3n) is 3.71. The first-order valence-electron chi connectivity index (χ1n) is 6.78. The molecule has 34 heavy (non-hydrogen) atoms. The first-order chi connectivity index (χ1) is 14.2. The molecule has 0 aromatic rings. The maximum absolute atomic E-state index is 13.2. The molecule has 0 atom stereocenters. The van der Waals surface area contributed by atoms with Crippen LogP contribution in [0.15, 0.2) is 0 Å². The molecule has 0 bridgehead atoms. The molecule has 0 heterocycles. The van der Waals surface area contributed by atoms with Crippen LogP contribution in [0.1, 0.15) is 0 Å². The molecule has 0 saturated heterocycles. The van der Waals surface area contributed by atoms with E-state index in [9.17, 15) is 101 Å². The predicted molar refractivity (Wildman–Crippen MR) is 59.7 cm³/mol. The van der Waals surface area contributed by atoms with E-state index in [1.807, 2.05) is 0 Å². The third kappa shape index (κ3) is 3.72. The summed E-state index contributed by atoms with van der Waals surface area (Å²) < 4.78 is 292. The maximum atomic E-state index is 13.2. The van der Waals surface area contributed by atoms with Crippen molar-refractivity contribution >= 4 is 8.54 Å². The van der Waals surface area contributed by atoms with Crippen molar-refractivity contribution in [3.63, 3.8) is 0 Å². The summed E-state index contributed by atoms with van der Waals surface area (Å²) in [4.78, 5) is 0. The summed E-state index contributed by atoms with van der Waals surface area (Å²) in [6.45, 7) is 0. The van der Waals surface area contributed by atoms with Gasteiger partial charge in [0.25, 0.3) is 0 Å². The smallest absolute Gasteiger partial charge is 0.192 e. The fraction of sp³-hybridized carbons (Fsp3) is 1.00. The van der Waals surface area contributed by atoms with Crippen LogP contribution in [-0.2, 0) is 0 Å². The highest BCUT2D eigenvalue weighted by Gasteiger charge is 2.98. The molecule has 0 fully saturated rings. The minimum atomic E-state index is -9.33. The van der Waals surface area contributed by atoms with Crippen molar-refractivity contribution in [2.24, 2.45) is 0 Å². The summed E-state index contributed by atoms with van der Waals surface area (Å²) in [6.07, 6.45) is -8.06. The van der Waals surface area contributed by atoms with Gasteiger partial charge in [0.15, 0.2) is 0 Å². The molecule has 206 valence electrons. The molecule has 0 aliphatic heterocycles. The van der Waals surface area contributed by atoms with Crippen LogP contribution in [0.2, 0.25) is 0 Å². The third-order valence-corrected chi connectivity index (χ3v) is 4.41. The van der Waals surface area contributed by atoms with E-state index in [1.54, 1.807) is 0 Å². The van der Waals surface area contributed by atoms with E-state index in [0.717, 1.165) is 0 Å². The van der Waals surface area contributed by atoms with Crippen molar-refractivity contribution in [2.75, 3.05) is 0 Å². The predicted octanol–water partition coefficient (Wildman–Crippen LogP) is 8.47. The van der Waals surface area contributed by atoms with Gasteiger partial charge in [-0.25, -0.2) is 0 Å². The Morgan fingerprint density at radius 1 is 0.265 bits per heavy atom. The second kappa shape index (κ2) is 7.91. The van der Waals surface area contributed by atoms with Crippen LogP contribution in [0.3, 0.4) is 0 Å². The molecule has 0 aromatic heterocycles. The molecule has 0 aliphatic carbocycles. The molecule has 0 spiro atoms. The first-order valence-corrected chi connectivity index (χ1v) is 7.90. The highest BCUT2D eigenvalue weighted by molar-refractivity contribution is 7.47. The number of hydrogen-bond acceptors (Lipinski definition) is 0. The number of alkyl halides is 21. The van der Waals surface area contributed by atoms with E-state index >= 15 is 0 Å². The molecule has 0 radical (unpaired) electrons. The average molecular weight is 588 g/mol. The van der Waals surface area contributed by atoms with Gasteiger partial charge in [-0.05, 0) is 0 Å². The van der Waals surface area contributed by atoms with Crippen molar-refractivity contribution in [2.45, 2.75) is 59.2 Å². The summed E-state index contributed by atoms with van der Waals surface area (Å²) in [5, 5.41) is 0. The number of halogens is 23. The monoisotopic (exact) mass is 588 g/mol. The molecule has 0 aliphatic rings.